The van der Waals surface area contributed by atoms with Gasteiger partial charge in [-0.2, -0.15) is 0 Å². The molecule has 2 aromatic heterocycles. The van der Waals surface area contributed by atoms with E-state index in [1.807, 2.05) is 54.7 Å². The van der Waals surface area contributed by atoms with Gasteiger partial charge >= 0.3 is 0 Å². The minimum atomic E-state index is -0.265. The monoisotopic (exact) mass is 491 g/mol. The summed E-state index contributed by atoms with van der Waals surface area (Å²) in [7, 11) is 0. The van der Waals surface area contributed by atoms with Crippen molar-refractivity contribution in [2.75, 3.05) is 11.9 Å². The fourth-order valence-electron chi connectivity index (χ4n) is 4.47. The maximum atomic E-state index is 13.0. The van der Waals surface area contributed by atoms with Crippen LogP contribution in [0.15, 0.2) is 91.3 Å². The highest BCUT2D eigenvalue weighted by atomic mass is 32.1. The molecule has 0 spiro atoms. The topological polar surface area (TPSA) is 88.1 Å². The lowest BCUT2D eigenvalue weighted by molar-refractivity contribution is 0.0647. The van der Waals surface area contributed by atoms with Crippen molar-refractivity contribution in [3.63, 3.8) is 0 Å². The summed E-state index contributed by atoms with van der Waals surface area (Å²) in [6, 6.07) is 24.8. The van der Waals surface area contributed by atoms with Gasteiger partial charge in [-0.1, -0.05) is 65.9 Å². The molecule has 176 valence electrons. The number of hydrogen-bond donors (Lipinski definition) is 1. The van der Waals surface area contributed by atoms with Gasteiger partial charge in [0.05, 0.1) is 17.2 Å². The number of aromatic nitrogens is 3. The second-order valence-electron chi connectivity index (χ2n) is 8.65. The molecule has 1 atom stereocenters. The second-order valence-corrected chi connectivity index (χ2v) is 9.62. The Labute approximate surface area is 211 Å². The Morgan fingerprint density at radius 2 is 1.58 bits per heavy atom. The van der Waals surface area contributed by atoms with Crippen LogP contribution in [0, 0.1) is 0 Å². The normalized spacial score (nSPS) is 13.7. The quantitative estimate of drug-likeness (QED) is 0.320. The summed E-state index contributed by atoms with van der Waals surface area (Å²) in [6.45, 7) is 0.221. The Hall–Kier alpha value is -4.43. The Bertz CT molecular complexity index is 1550. The summed E-state index contributed by atoms with van der Waals surface area (Å²) >= 11 is 1.44. The molecule has 0 bridgehead atoms. The van der Waals surface area contributed by atoms with Crippen LogP contribution in [0.2, 0.25) is 0 Å². The van der Waals surface area contributed by atoms with E-state index in [2.05, 4.69) is 26.6 Å². The number of carbonyl (C=O) groups is 2. The number of imide groups is 1. The molecule has 0 radical (unpaired) electrons. The number of nitrogens with zero attached hydrogens (tertiary/aromatic N) is 4. The highest BCUT2D eigenvalue weighted by Gasteiger charge is 2.36. The highest BCUT2D eigenvalue weighted by molar-refractivity contribution is 7.18. The van der Waals surface area contributed by atoms with E-state index in [4.69, 9.17) is 0 Å². The van der Waals surface area contributed by atoms with Crippen molar-refractivity contribution in [1.82, 2.24) is 20.1 Å². The average molecular weight is 492 g/mol. The van der Waals surface area contributed by atoms with Gasteiger partial charge in [0.15, 0.2) is 0 Å². The van der Waals surface area contributed by atoms with Crippen LogP contribution in [0.25, 0.3) is 21.3 Å². The van der Waals surface area contributed by atoms with Crippen LogP contribution in [0.3, 0.4) is 0 Å². The summed E-state index contributed by atoms with van der Waals surface area (Å²) in [6.07, 6.45) is 4.22. The number of hydrogen-bond acceptors (Lipinski definition) is 7. The third kappa shape index (κ3) is 4.23. The molecule has 1 N–H and O–H groups in total. The molecule has 3 aromatic carbocycles. The number of rotatable bonds is 7. The van der Waals surface area contributed by atoms with Gasteiger partial charge in [0.2, 0.25) is 5.13 Å². The molecule has 1 aliphatic rings. The van der Waals surface area contributed by atoms with Gasteiger partial charge in [0.1, 0.15) is 5.01 Å². The predicted octanol–water partition coefficient (Wildman–Crippen LogP) is 5.07. The molecule has 3 heterocycles. The van der Waals surface area contributed by atoms with Crippen LogP contribution in [-0.4, -0.2) is 44.5 Å². The fourth-order valence-corrected chi connectivity index (χ4v) is 5.29. The van der Waals surface area contributed by atoms with E-state index < -0.39 is 0 Å². The smallest absolute Gasteiger partial charge is 0.261 e. The molecular weight excluding hydrogens is 470 g/mol. The van der Waals surface area contributed by atoms with Crippen molar-refractivity contribution in [3.8, 4) is 10.6 Å². The third-order valence-electron chi connectivity index (χ3n) is 6.25. The van der Waals surface area contributed by atoms with Crippen molar-refractivity contribution in [2.45, 2.75) is 12.5 Å². The number of carbonyl (C=O) groups excluding carboxylic acids is 2. The predicted molar refractivity (Wildman–Crippen MR) is 140 cm³/mol. The number of fused-ring (bicyclic) bond motifs is 2. The SMILES string of the molecule is O=C1c2ccccc2C(=O)N1C[C@H](Cc1ccccc1)Nc1nnc(-c2ccc3cnccc3c2)s1. The van der Waals surface area contributed by atoms with Crippen LogP contribution in [0.4, 0.5) is 5.13 Å². The van der Waals surface area contributed by atoms with Crippen molar-refractivity contribution in [3.05, 3.63) is 108 Å². The van der Waals surface area contributed by atoms with Crippen LogP contribution in [0.5, 0.6) is 0 Å². The number of anilines is 1. The van der Waals surface area contributed by atoms with Gasteiger partial charge in [-0.05, 0) is 41.6 Å². The average Bonchev–Trinajstić information content (AvgIpc) is 3.48. The molecular formula is C28H21N5O2S. The van der Waals surface area contributed by atoms with E-state index in [1.54, 1.807) is 30.5 Å². The molecule has 8 heteroatoms. The summed E-state index contributed by atoms with van der Waals surface area (Å²) in [5.74, 6) is -0.530. The highest BCUT2D eigenvalue weighted by Crippen LogP contribution is 2.30. The van der Waals surface area contributed by atoms with Crippen molar-refractivity contribution < 1.29 is 9.59 Å². The molecule has 0 saturated heterocycles. The van der Waals surface area contributed by atoms with Crippen LogP contribution in [-0.2, 0) is 6.42 Å². The van der Waals surface area contributed by atoms with Crippen molar-refractivity contribution in [2.24, 2.45) is 0 Å². The fraction of sp³-hybridized carbons (Fsp3) is 0.107. The van der Waals surface area contributed by atoms with Gasteiger partial charge in [-0.3, -0.25) is 19.5 Å². The molecule has 5 aromatic rings. The number of benzene rings is 3. The van der Waals surface area contributed by atoms with Gasteiger partial charge < -0.3 is 5.32 Å². The third-order valence-corrected chi connectivity index (χ3v) is 7.15. The van der Waals surface area contributed by atoms with E-state index in [0.717, 1.165) is 26.9 Å². The Morgan fingerprint density at radius 3 is 2.36 bits per heavy atom. The number of amides is 2. The standard InChI is InChI=1S/C28H21N5O2S/c34-26-23-8-4-5-9-24(23)27(35)33(26)17-22(14-18-6-2-1-3-7-18)30-28-32-31-25(36-28)20-10-11-21-16-29-13-12-19(21)15-20/h1-13,15-16,22H,14,17H2,(H,30,32)/t22-/m0/s1. The molecule has 2 amide bonds. The van der Waals surface area contributed by atoms with Gasteiger partial charge in [-0.25, -0.2) is 0 Å². The molecule has 0 unspecified atom stereocenters. The minimum absolute atomic E-state index is 0.221. The summed E-state index contributed by atoms with van der Waals surface area (Å²) < 4.78 is 0. The molecule has 36 heavy (non-hydrogen) atoms. The Balaban J connectivity index is 1.26. The van der Waals surface area contributed by atoms with E-state index in [1.165, 1.54) is 16.2 Å². The van der Waals surface area contributed by atoms with Crippen LogP contribution in [0.1, 0.15) is 26.3 Å². The molecule has 1 aliphatic heterocycles. The zero-order valence-electron chi connectivity index (χ0n) is 19.2. The summed E-state index contributed by atoms with van der Waals surface area (Å²) in [4.78, 5) is 31.5. The molecule has 0 aliphatic carbocycles. The minimum Gasteiger partial charge on any atom is -0.355 e. The van der Waals surface area contributed by atoms with E-state index >= 15 is 0 Å². The lowest BCUT2D eigenvalue weighted by Gasteiger charge is -2.23. The maximum absolute atomic E-state index is 13.0. The van der Waals surface area contributed by atoms with Gasteiger partial charge in [-0.15, -0.1) is 10.2 Å². The Morgan fingerprint density at radius 1 is 0.833 bits per heavy atom. The molecule has 7 nitrogen and oxygen atoms in total. The molecule has 0 fully saturated rings. The largest absolute Gasteiger partial charge is 0.355 e. The number of pyridine rings is 1. The second kappa shape index (κ2) is 9.31. The van der Waals surface area contributed by atoms with E-state index in [-0.39, 0.29) is 24.4 Å². The van der Waals surface area contributed by atoms with E-state index in [9.17, 15) is 9.59 Å². The van der Waals surface area contributed by atoms with Crippen LogP contribution < -0.4 is 5.32 Å². The first-order chi connectivity index (χ1) is 17.7. The lowest BCUT2D eigenvalue weighted by Crippen LogP contribution is -2.41. The maximum Gasteiger partial charge on any atom is 0.261 e. The first-order valence-corrected chi connectivity index (χ1v) is 12.4. The van der Waals surface area contributed by atoms with Gasteiger partial charge in [0.25, 0.3) is 11.8 Å². The summed E-state index contributed by atoms with van der Waals surface area (Å²) in [5.41, 5.74) is 2.97. The lowest BCUT2D eigenvalue weighted by atomic mass is 10.1. The van der Waals surface area contributed by atoms with Crippen molar-refractivity contribution >= 4 is 39.1 Å². The van der Waals surface area contributed by atoms with E-state index in [0.29, 0.717) is 22.7 Å². The molecule has 0 saturated carbocycles. The Kier molecular flexibility index (Phi) is 5.71. The number of nitrogens with one attached hydrogen (secondary N) is 1. The zero-order valence-corrected chi connectivity index (χ0v) is 20.0. The van der Waals surface area contributed by atoms with Crippen molar-refractivity contribution in [1.29, 1.82) is 0 Å². The first-order valence-electron chi connectivity index (χ1n) is 11.6. The zero-order chi connectivity index (χ0) is 24.5. The van der Waals surface area contributed by atoms with Crippen LogP contribution >= 0.6 is 11.3 Å². The summed E-state index contributed by atoms with van der Waals surface area (Å²) in [5, 5.41) is 15.8. The molecule has 6 rings (SSSR count). The van der Waals surface area contributed by atoms with Gasteiger partial charge in [0, 0.05) is 29.9 Å². The first kappa shape index (κ1) is 22.1.